The molecule has 1 aliphatic rings. The molecule has 2 atom stereocenters. The van der Waals surface area contributed by atoms with E-state index in [0.29, 0.717) is 17.2 Å². The summed E-state index contributed by atoms with van der Waals surface area (Å²) in [6.45, 7) is 6.63. The number of nitrogens with zero attached hydrogens (tertiary/aromatic N) is 3. The van der Waals surface area contributed by atoms with E-state index >= 15 is 0 Å². The van der Waals surface area contributed by atoms with Crippen LogP contribution in [0.15, 0.2) is 42.7 Å². The number of rotatable bonds is 11. The van der Waals surface area contributed by atoms with Crippen molar-refractivity contribution in [2.75, 3.05) is 14.2 Å². The van der Waals surface area contributed by atoms with Crippen LogP contribution in [0.5, 0.6) is 11.5 Å². The molecule has 8 heteroatoms. The molecule has 0 saturated heterocycles. The number of aromatic nitrogens is 2. The maximum atomic E-state index is 14.1. The molecule has 2 aromatic heterocycles. The molecule has 0 spiro atoms. The number of unbranched alkanes of at least 4 members (excludes halogenated alkanes) is 3. The van der Waals surface area contributed by atoms with Gasteiger partial charge < -0.3 is 24.3 Å². The smallest absolute Gasteiger partial charge is 0.271 e. The highest BCUT2D eigenvalue weighted by molar-refractivity contribution is 6.05. The van der Waals surface area contributed by atoms with Crippen molar-refractivity contribution < 1.29 is 19.1 Å². The number of nitrogens with one attached hydrogen (secondary N) is 1. The Kier molecular flexibility index (Phi) is 8.05. The van der Waals surface area contributed by atoms with Crippen LogP contribution in [0.4, 0.5) is 0 Å². The largest absolute Gasteiger partial charge is 0.496 e. The van der Waals surface area contributed by atoms with Crippen LogP contribution in [-0.2, 0) is 17.9 Å². The van der Waals surface area contributed by atoms with E-state index in [1.165, 1.54) is 12.8 Å². The summed E-state index contributed by atoms with van der Waals surface area (Å²) in [6.07, 6.45) is 8.92. The molecule has 1 N–H and O–H groups in total. The first-order chi connectivity index (χ1) is 17.8. The molecule has 198 valence electrons. The van der Waals surface area contributed by atoms with Gasteiger partial charge in [0, 0.05) is 30.4 Å². The third kappa shape index (κ3) is 5.15. The van der Waals surface area contributed by atoms with Crippen molar-refractivity contribution in [1.82, 2.24) is 19.8 Å². The molecule has 0 saturated carbocycles. The van der Waals surface area contributed by atoms with Crippen LogP contribution in [0.1, 0.15) is 68.9 Å². The molecule has 8 nitrogen and oxygen atoms in total. The number of carbonyl (C=O) groups excluding carboxylic acids is 2. The van der Waals surface area contributed by atoms with Crippen molar-refractivity contribution in [3.8, 4) is 11.5 Å². The third-order valence-electron chi connectivity index (χ3n) is 7.37. The Bertz CT molecular complexity index is 1260. The Hall–Kier alpha value is -3.55. The lowest BCUT2D eigenvalue weighted by Gasteiger charge is -2.44. The zero-order valence-corrected chi connectivity index (χ0v) is 22.5. The molecule has 0 bridgehead atoms. The van der Waals surface area contributed by atoms with Crippen LogP contribution >= 0.6 is 0 Å². The lowest BCUT2D eigenvalue weighted by molar-refractivity contribution is -0.133. The minimum absolute atomic E-state index is 0.00830. The van der Waals surface area contributed by atoms with Gasteiger partial charge in [0.05, 0.1) is 26.3 Å². The van der Waals surface area contributed by atoms with Gasteiger partial charge in [-0.15, -0.1) is 0 Å². The average molecular weight is 507 g/mol. The van der Waals surface area contributed by atoms with Crippen molar-refractivity contribution in [2.24, 2.45) is 0 Å². The van der Waals surface area contributed by atoms with Gasteiger partial charge >= 0.3 is 0 Å². The second-order valence-corrected chi connectivity index (χ2v) is 10.1. The summed E-state index contributed by atoms with van der Waals surface area (Å²) < 4.78 is 13.2. The summed E-state index contributed by atoms with van der Waals surface area (Å²) in [5.74, 6) is 0.893. The number of amides is 2. The number of ether oxygens (including phenoxy) is 2. The highest BCUT2D eigenvalue weighted by Gasteiger charge is 2.48. The van der Waals surface area contributed by atoms with E-state index in [1.807, 2.05) is 48.7 Å². The maximum absolute atomic E-state index is 14.1. The number of pyridine rings is 1. The van der Waals surface area contributed by atoms with E-state index in [9.17, 15) is 9.59 Å². The predicted molar refractivity (Wildman–Crippen MR) is 144 cm³/mol. The van der Waals surface area contributed by atoms with Gasteiger partial charge in [0.1, 0.15) is 22.7 Å². The van der Waals surface area contributed by atoms with Gasteiger partial charge in [0.15, 0.2) is 0 Å². The summed E-state index contributed by atoms with van der Waals surface area (Å²) >= 11 is 0. The molecule has 2 unspecified atom stereocenters. The van der Waals surface area contributed by atoms with Crippen LogP contribution in [0.25, 0.3) is 10.9 Å². The molecule has 0 radical (unpaired) electrons. The number of methoxy groups -OCH3 is 2. The van der Waals surface area contributed by atoms with Crippen molar-refractivity contribution in [1.29, 1.82) is 0 Å². The summed E-state index contributed by atoms with van der Waals surface area (Å²) in [4.78, 5) is 33.9. The molecule has 3 heterocycles. The van der Waals surface area contributed by atoms with Gasteiger partial charge in [-0.3, -0.25) is 14.6 Å². The van der Waals surface area contributed by atoms with E-state index in [4.69, 9.17) is 9.47 Å². The Morgan fingerprint density at radius 3 is 2.59 bits per heavy atom. The fourth-order valence-electron chi connectivity index (χ4n) is 5.21. The first kappa shape index (κ1) is 26.5. The third-order valence-corrected chi connectivity index (χ3v) is 7.37. The Morgan fingerprint density at radius 1 is 1.16 bits per heavy atom. The van der Waals surface area contributed by atoms with Gasteiger partial charge in [-0.2, -0.15) is 0 Å². The number of fused-ring (bicyclic) bond motifs is 3. The summed E-state index contributed by atoms with van der Waals surface area (Å²) in [6, 6.07) is 9.27. The number of benzene rings is 1. The molecule has 4 rings (SSSR count). The van der Waals surface area contributed by atoms with Crippen molar-refractivity contribution in [3.05, 3.63) is 54.0 Å². The minimum Gasteiger partial charge on any atom is -0.496 e. The molecular formula is C29H38N4O4. The fourth-order valence-corrected chi connectivity index (χ4v) is 5.21. The fraction of sp³-hybridized carbons (Fsp3) is 0.483. The molecule has 1 aliphatic heterocycles. The van der Waals surface area contributed by atoms with Crippen molar-refractivity contribution in [2.45, 2.75) is 77.5 Å². The quantitative estimate of drug-likeness (QED) is 0.372. The van der Waals surface area contributed by atoms with E-state index in [-0.39, 0.29) is 30.9 Å². The van der Waals surface area contributed by atoms with Gasteiger partial charge in [-0.1, -0.05) is 38.7 Å². The van der Waals surface area contributed by atoms with E-state index in [1.54, 1.807) is 31.5 Å². The normalized spacial score (nSPS) is 18.0. The van der Waals surface area contributed by atoms with Gasteiger partial charge in [0.2, 0.25) is 5.91 Å². The zero-order valence-electron chi connectivity index (χ0n) is 22.5. The first-order valence-corrected chi connectivity index (χ1v) is 13.1. The van der Waals surface area contributed by atoms with Crippen LogP contribution in [-0.4, -0.2) is 52.1 Å². The topological polar surface area (TPSA) is 85.7 Å². The predicted octanol–water partition coefficient (Wildman–Crippen LogP) is 4.94. The summed E-state index contributed by atoms with van der Waals surface area (Å²) in [5.41, 5.74) is 0.983. The van der Waals surface area contributed by atoms with E-state index in [2.05, 4.69) is 17.2 Å². The van der Waals surface area contributed by atoms with Crippen LogP contribution in [0.3, 0.4) is 0 Å². The van der Waals surface area contributed by atoms with Crippen LogP contribution < -0.4 is 14.8 Å². The van der Waals surface area contributed by atoms with Crippen LogP contribution in [0, 0.1) is 0 Å². The Morgan fingerprint density at radius 2 is 1.92 bits per heavy atom. The maximum Gasteiger partial charge on any atom is 0.271 e. The van der Waals surface area contributed by atoms with Gasteiger partial charge in [0.25, 0.3) is 5.91 Å². The molecule has 1 aromatic carbocycles. The number of carbonyl (C=O) groups is 2. The van der Waals surface area contributed by atoms with Crippen molar-refractivity contribution in [3.63, 3.8) is 0 Å². The molecule has 0 aliphatic carbocycles. The molecular weight excluding hydrogens is 468 g/mol. The summed E-state index contributed by atoms with van der Waals surface area (Å²) in [7, 11) is 3.21. The van der Waals surface area contributed by atoms with Gasteiger partial charge in [-0.25, -0.2) is 0 Å². The van der Waals surface area contributed by atoms with E-state index in [0.717, 1.165) is 35.7 Å². The monoisotopic (exact) mass is 506 g/mol. The van der Waals surface area contributed by atoms with Crippen LogP contribution in [0.2, 0.25) is 0 Å². The first-order valence-electron chi connectivity index (χ1n) is 13.1. The highest BCUT2D eigenvalue weighted by Crippen LogP contribution is 2.40. The highest BCUT2D eigenvalue weighted by atomic mass is 16.5. The molecule has 0 fully saturated rings. The van der Waals surface area contributed by atoms with E-state index < -0.39 is 5.54 Å². The minimum atomic E-state index is -1.13. The Labute approximate surface area is 219 Å². The lowest BCUT2D eigenvalue weighted by Crippen LogP contribution is -2.64. The SMILES string of the molecule is CCCCCCC(C)NC(=O)C1(C)Cn2c(cc3c(OC)ccc(OC)c32)C(=O)N1Cc1cccnc1. The van der Waals surface area contributed by atoms with Crippen molar-refractivity contribution >= 4 is 22.7 Å². The standard InChI is InChI=1S/C29H38N4O4/c1-6-7-8-9-11-20(2)31-28(35)29(3)19-32-23(27(34)33(29)18-21-12-10-15-30-17-21)16-22-24(36-4)13-14-25(37-5)26(22)32/h10,12-17,20H,6-9,11,18-19H2,1-5H3,(H,31,35). The number of hydrogen-bond donors (Lipinski definition) is 1. The molecule has 37 heavy (non-hydrogen) atoms. The zero-order chi connectivity index (χ0) is 26.6. The summed E-state index contributed by atoms with van der Waals surface area (Å²) in [5, 5.41) is 3.99. The molecule has 2 amide bonds. The molecule has 3 aromatic rings. The lowest BCUT2D eigenvalue weighted by atomic mass is 9.93. The average Bonchev–Trinajstić information content (AvgIpc) is 3.28. The Balaban J connectivity index is 1.75. The second kappa shape index (κ2) is 11.2. The van der Waals surface area contributed by atoms with Gasteiger partial charge in [-0.05, 0) is 50.1 Å². The number of hydrogen-bond acceptors (Lipinski definition) is 5. The second-order valence-electron chi connectivity index (χ2n) is 10.1.